The molecule has 9 heteroatoms. The number of aliphatic imine (C=N–C) groups is 1. The van der Waals surface area contributed by atoms with Crippen LogP contribution in [0, 0.1) is 0 Å². The highest BCUT2D eigenvalue weighted by Gasteiger charge is 2.40. The Morgan fingerprint density at radius 3 is 2.91 bits per heavy atom. The highest BCUT2D eigenvalue weighted by atomic mass is 32.2. The number of carbonyl (C=O) groups excluding carboxylic acids is 1. The number of carbonyl (C=O) groups is 1. The van der Waals surface area contributed by atoms with Crippen LogP contribution in [0.5, 0.6) is 11.8 Å². The molecule has 1 aromatic heterocycles. The first-order chi connectivity index (χ1) is 11.0. The number of guanidine groups is 1. The Morgan fingerprint density at radius 2 is 2.17 bits per heavy atom. The van der Waals surface area contributed by atoms with Crippen LogP contribution in [0.2, 0.25) is 0 Å². The lowest BCUT2D eigenvalue weighted by molar-refractivity contribution is -0.145. The minimum absolute atomic E-state index is 0.228. The number of nitrogens with zero attached hydrogens (tertiary/aromatic N) is 2. The fraction of sp³-hybridized carbons (Fsp3) is 0.571. The van der Waals surface area contributed by atoms with Crippen LogP contribution < -0.4 is 15.9 Å². The Morgan fingerprint density at radius 1 is 1.43 bits per heavy atom. The number of aromatic nitrogens is 1. The summed E-state index contributed by atoms with van der Waals surface area (Å²) in [6, 6.07) is 3.08. The molecule has 0 bridgehead atoms. The normalized spacial score (nSPS) is 25.7. The van der Waals surface area contributed by atoms with E-state index in [2.05, 4.69) is 10.3 Å². The number of aromatic hydroxyl groups is 2. The number of unbranched alkanes of at least 4 members (excludes halogenated alkanes) is 1. The molecule has 0 aliphatic carbocycles. The average molecular weight is 340 g/mol. The molecular weight excluding hydrogens is 320 g/mol. The van der Waals surface area contributed by atoms with E-state index >= 15 is 0 Å². The maximum Gasteiger partial charge on any atom is 0.333 e. The van der Waals surface area contributed by atoms with E-state index in [-0.39, 0.29) is 24.2 Å². The molecule has 23 heavy (non-hydrogen) atoms. The molecule has 1 saturated heterocycles. The summed E-state index contributed by atoms with van der Waals surface area (Å²) in [6.07, 6.45) is 2.77. The molecule has 1 aromatic rings. The first-order valence-electron chi connectivity index (χ1n) is 7.57. The van der Waals surface area contributed by atoms with Crippen LogP contribution in [-0.4, -0.2) is 50.0 Å². The van der Waals surface area contributed by atoms with Gasteiger partial charge in [-0.1, -0.05) is 6.42 Å². The van der Waals surface area contributed by atoms with Crippen molar-refractivity contribution in [1.82, 2.24) is 10.0 Å². The number of hydrogen-bond donors (Lipinski definition) is 4. The summed E-state index contributed by atoms with van der Waals surface area (Å²) in [7, 11) is 0. The molecule has 3 heterocycles. The quantitative estimate of drug-likeness (QED) is 0.545. The van der Waals surface area contributed by atoms with Crippen LogP contribution in [0.3, 0.4) is 0 Å². The molecule has 0 spiro atoms. The fourth-order valence-corrected chi connectivity index (χ4v) is 4.40. The number of thioether (sulfide) groups is 1. The molecule has 8 nitrogen and oxygen atoms in total. The summed E-state index contributed by atoms with van der Waals surface area (Å²) >= 11 is 1.89. The van der Waals surface area contributed by atoms with Crippen LogP contribution in [0.1, 0.15) is 25.7 Å². The van der Waals surface area contributed by atoms with Gasteiger partial charge in [0.05, 0.1) is 12.1 Å². The Labute approximate surface area is 137 Å². The first-order valence-corrected chi connectivity index (χ1v) is 8.61. The Hall–Kier alpha value is -2.03. The van der Waals surface area contributed by atoms with Crippen molar-refractivity contribution in [2.24, 2.45) is 10.7 Å². The molecular formula is C14H20N4O4S. The third-order valence-electron chi connectivity index (χ3n) is 4.01. The molecule has 0 aromatic carbocycles. The van der Waals surface area contributed by atoms with Crippen LogP contribution in [0.15, 0.2) is 17.1 Å². The zero-order chi connectivity index (χ0) is 16.4. The van der Waals surface area contributed by atoms with Gasteiger partial charge in [0.1, 0.15) is 0 Å². The third kappa shape index (κ3) is 3.49. The molecule has 0 amide bonds. The topological polar surface area (TPSA) is 122 Å². The molecule has 3 rings (SSSR count). The monoisotopic (exact) mass is 340 g/mol. The van der Waals surface area contributed by atoms with E-state index in [1.807, 2.05) is 11.8 Å². The highest BCUT2D eigenvalue weighted by Crippen LogP contribution is 2.35. The van der Waals surface area contributed by atoms with Gasteiger partial charge in [0, 0.05) is 29.6 Å². The number of hydrogen-bond acceptors (Lipinski definition) is 8. The van der Waals surface area contributed by atoms with Crippen molar-refractivity contribution >= 4 is 23.7 Å². The van der Waals surface area contributed by atoms with Crippen LogP contribution >= 0.6 is 11.8 Å². The zero-order valence-electron chi connectivity index (χ0n) is 12.5. The first kappa shape index (κ1) is 15.9. The molecule has 3 atom stereocenters. The predicted molar refractivity (Wildman–Crippen MR) is 86.4 cm³/mol. The van der Waals surface area contributed by atoms with Gasteiger partial charge in [-0.3, -0.25) is 0 Å². The summed E-state index contributed by atoms with van der Waals surface area (Å²) in [5.41, 5.74) is 5.70. The molecule has 126 valence electrons. The van der Waals surface area contributed by atoms with E-state index in [0.717, 1.165) is 18.6 Å². The second-order valence-electron chi connectivity index (χ2n) is 5.68. The summed E-state index contributed by atoms with van der Waals surface area (Å²) in [5.74, 6) is 0.420. The van der Waals surface area contributed by atoms with Crippen LogP contribution in [0.4, 0.5) is 0 Å². The summed E-state index contributed by atoms with van der Waals surface area (Å²) in [5, 5.41) is 22.4. The molecule has 2 aliphatic rings. The van der Waals surface area contributed by atoms with E-state index < -0.39 is 5.97 Å². The van der Waals surface area contributed by atoms with Gasteiger partial charge >= 0.3 is 5.97 Å². The minimum Gasteiger partial charge on any atom is -0.492 e. The van der Waals surface area contributed by atoms with Crippen LogP contribution in [0.25, 0.3) is 0 Å². The number of fused-ring (bicyclic) bond motifs is 1. The SMILES string of the molecule is NC1=N[C@@H]2C(CCCCC(=O)On3c(O)ccc3O)SC[C@@H]2N1. The van der Waals surface area contributed by atoms with Gasteiger partial charge in [0.15, 0.2) is 5.96 Å². The molecule has 0 radical (unpaired) electrons. The van der Waals surface area contributed by atoms with Gasteiger partial charge in [-0.25, -0.2) is 9.79 Å². The lowest BCUT2D eigenvalue weighted by Gasteiger charge is -2.14. The second kappa shape index (κ2) is 6.61. The van der Waals surface area contributed by atoms with Gasteiger partial charge in [-0.05, 0) is 12.8 Å². The van der Waals surface area contributed by atoms with Gasteiger partial charge in [-0.2, -0.15) is 11.8 Å². The van der Waals surface area contributed by atoms with Crippen LogP contribution in [-0.2, 0) is 4.79 Å². The predicted octanol–water partition coefficient (Wildman–Crippen LogP) is 0.185. The van der Waals surface area contributed by atoms with Crippen molar-refractivity contribution < 1.29 is 19.8 Å². The van der Waals surface area contributed by atoms with E-state index in [9.17, 15) is 15.0 Å². The standard InChI is InChI=1S/C14H20N4O4S/c15-14-16-8-7-23-9(13(8)17-14)3-1-2-4-12(21)22-18-10(19)5-6-11(18)20/h5-6,8-9,13,19-20H,1-4,7H2,(H3,15,16,17)/t8-,9?,13-/m0/s1. The summed E-state index contributed by atoms with van der Waals surface area (Å²) in [6.45, 7) is 0. The number of nitrogens with two attached hydrogens (primary N) is 1. The smallest absolute Gasteiger partial charge is 0.333 e. The fourth-order valence-electron chi connectivity index (χ4n) is 2.88. The van der Waals surface area contributed by atoms with Gasteiger partial charge in [0.25, 0.3) is 0 Å². The third-order valence-corrected chi connectivity index (χ3v) is 5.51. The van der Waals surface area contributed by atoms with Crippen molar-refractivity contribution in [1.29, 1.82) is 0 Å². The molecule has 1 fully saturated rings. The van der Waals surface area contributed by atoms with E-state index in [1.165, 1.54) is 12.1 Å². The average Bonchev–Trinajstić information content (AvgIpc) is 3.14. The van der Waals surface area contributed by atoms with Crippen molar-refractivity contribution in [2.45, 2.75) is 43.0 Å². The van der Waals surface area contributed by atoms with Crippen molar-refractivity contribution in [3.8, 4) is 11.8 Å². The van der Waals surface area contributed by atoms with Crippen molar-refractivity contribution in [3.63, 3.8) is 0 Å². The van der Waals surface area contributed by atoms with E-state index in [1.54, 1.807) is 0 Å². The van der Waals surface area contributed by atoms with Gasteiger partial charge < -0.3 is 26.1 Å². The van der Waals surface area contributed by atoms with Gasteiger partial charge in [-0.15, -0.1) is 4.73 Å². The Bertz CT molecular complexity index is 598. The minimum atomic E-state index is -0.492. The molecule has 5 N–H and O–H groups in total. The molecule has 1 unspecified atom stereocenters. The van der Waals surface area contributed by atoms with E-state index in [0.29, 0.717) is 28.4 Å². The maximum absolute atomic E-state index is 11.7. The maximum atomic E-state index is 11.7. The number of nitrogens with one attached hydrogen (secondary N) is 1. The second-order valence-corrected chi connectivity index (χ2v) is 6.95. The highest BCUT2D eigenvalue weighted by molar-refractivity contribution is 8.00. The van der Waals surface area contributed by atoms with E-state index in [4.69, 9.17) is 10.6 Å². The Balaban J connectivity index is 1.38. The Kier molecular flexibility index (Phi) is 4.56. The zero-order valence-corrected chi connectivity index (χ0v) is 13.3. The van der Waals surface area contributed by atoms with Gasteiger partial charge in [0.2, 0.25) is 11.8 Å². The molecule has 0 saturated carbocycles. The van der Waals surface area contributed by atoms with Crippen molar-refractivity contribution in [2.75, 3.05) is 5.75 Å². The summed E-state index contributed by atoms with van der Waals surface area (Å²) < 4.78 is 0.710. The summed E-state index contributed by atoms with van der Waals surface area (Å²) in [4.78, 5) is 21.0. The van der Waals surface area contributed by atoms with Crippen molar-refractivity contribution in [3.05, 3.63) is 12.1 Å². The lowest BCUT2D eigenvalue weighted by Crippen LogP contribution is -2.38. The molecule has 2 aliphatic heterocycles. The lowest BCUT2D eigenvalue weighted by atomic mass is 10.0. The largest absolute Gasteiger partial charge is 0.492 e. The number of rotatable bonds is 6.